The highest BCUT2D eigenvalue weighted by Crippen LogP contribution is 2.17. The standard InChI is InChI=1S/C17H18FN3O3/c1-11-14(8-12-2-3-13(18)9-15(12)20-11)17(23)19-10-16(22)21-4-6-24-7-5-21/h2-3,8-9H,4-7,10H2,1H3,(H,19,23). The molecule has 0 unspecified atom stereocenters. The lowest BCUT2D eigenvalue weighted by molar-refractivity contribution is -0.134. The van der Waals surface area contributed by atoms with Crippen LogP contribution in [0.5, 0.6) is 0 Å². The van der Waals surface area contributed by atoms with Crippen molar-refractivity contribution in [2.45, 2.75) is 6.92 Å². The molecule has 1 aliphatic rings. The third-order valence-electron chi connectivity index (χ3n) is 3.98. The van der Waals surface area contributed by atoms with Gasteiger partial charge in [-0.15, -0.1) is 0 Å². The van der Waals surface area contributed by atoms with Crippen molar-refractivity contribution in [2.75, 3.05) is 32.8 Å². The van der Waals surface area contributed by atoms with Crippen molar-refractivity contribution in [1.29, 1.82) is 0 Å². The SMILES string of the molecule is Cc1nc2cc(F)ccc2cc1C(=O)NCC(=O)N1CCOCC1. The molecule has 6 nitrogen and oxygen atoms in total. The maximum absolute atomic E-state index is 13.2. The third kappa shape index (κ3) is 3.51. The highest BCUT2D eigenvalue weighted by Gasteiger charge is 2.18. The van der Waals surface area contributed by atoms with Crippen molar-refractivity contribution in [2.24, 2.45) is 0 Å². The molecule has 0 saturated carbocycles. The van der Waals surface area contributed by atoms with E-state index < -0.39 is 0 Å². The van der Waals surface area contributed by atoms with E-state index in [1.807, 2.05) is 0 Å². The molecule has 1 N–H and O–H groups in total. The van der Waals surface area contributed by atoms with Crippen LogP contribution < -0.4 is 5.32 Å². The summed E-state index contributed by atoms with van der Waals surface area (Å²) in [6, 6.07) is 5.88. The van der Waals surface area contributed by atoms with Crippen LogP contribution in [-0.4, -0.2) is 54.5 Å². The van der Waals surface area contributed by atoms with E-state index in [1.54, 1.807) is 24.0 Å². The van der Waals surface area contributed by atoms with Crippen LogP contribution >= 0.6 is 0 Å². The van der Waals surface area contributed by atoms with Gasteiger partial charge < -0.3 is 15.0 Å². The number of benzene rings is 1. The van der Waals surface area contributed by atoms with Crippen LogP contribution in [0.15, 0.2) is 24.3 Å². The molecule has 1 aromatic heterocycles. The van der Waals surface area contributed by atoms with Gasteiger partial charge in [0.05, 0.1) is 36.5 Å². The van der Waals surface area contributed by atoms with Crippen molar-refractivity contribution in [3.63, 3.8) is 0 Å². The van der Waals surface area contributed by atoms with Crippen molar-refractivity contribution in [3.8, 4) is 0 Å². The van der Waals surface area contributed by atoms with E-state index >= 15 is 0 Å². The minimum Gasteiger partial charge on any atom is -0.378 e. The predicted molar refractivity (Wildman–Crippen MR) is 86.2 cm³/mol. The largest absolute Gasteiger partial charge is 0.378 e. The van der Waals surface area contributed by atoms with Crippen LogP contribution in [0, 0.1) is 12.7 Å². The summed E-state index contributed by atoms with van der Waals surface area (Å²) < 4.78 is 18.4. The minimum absolute atomic E-state index is 0.0697. The summed E-state index contributed by atoms with van der Waals surface area (Å²) in [6.07, 6.45) is 0. The van der Waals surface area contributed by atoms with Crippen LogP contribution in [0.2, 0.25) is 0 Å². The van der Waals surface area contributed by atoms with E-state index in [0.29, 0.717) is 48.5 Å². The number of halogens is 1. The van der Waals surface area contributed by atoms with Gasteiger partial charge in [-0.3, -0.25) is 14.6 Å². The summed E-state index contributed by atoms with van der Waals surface area (Å²) >= 11 is 0. The molecule has 0 aliphatic carbocycles. The quantitative estimate of drug-likeness (QED) is 0.919. The normalized spacial score (nSPS) is 14.7. The Morgan fingerprint density at radius 3 is 2.79 bits per heavy atom. The smallest absolute Gasteiger partial charge is 0.253 e. The summed E-state index contributed by atoms with van der Waals surface area (Å²) in [5.41, 5.74) is 1.36. The fourth-order valence-corrected chi connectivity index (χ4v) is 2.64. The zero-order chi connectivity index (χ0) is 17.1. The van der Waals surface area contributed by atoms with Crippen LogP contribution in [0.1, 0.15) is 16.1 Å². The summed E-state index contributed by atoms with van der Waals surface area (Å²) in [5.74, 6) is -0.879. The predicted octanol–water partition coefficient (Wildman–Crippen LogP) is 1.27. The summed E-state index contributed by atoms with van der Waals surface area (Å²) in [4.78, 5) is 30.3. The fourth-order valence-electron chi connectivity index (χ4n) is 2.64. The highest BCUT2D eigenvalue weighted by molar-refractivity contribution is 6.00. The molecule has 0 atom stereocenters. The maximum Gasteiger partial charge on any atom is 0.253 e. The molecule has 24 heavy (non-hydrogen) atoms. The number of hydrogen-bond acceptors (Lipinski definition) is 4. The molecule has 1 saturated heterocycles. The van der Waals surface area contributed by atoms with Gasteiger partial charge in [-0.1, -0.05) is 0 Å². The van der Waals surface area contributed by atoms with E-state index in [-0.39, 0.29) is 24.2 Å². The number of nitrogens with zero attached hydrogens (tertiary/aromatic N) is 2. The Labute approximate surface area is 138 Å². The molecule has 7 heteroatoms. The fraction of sp³-hybridized carbons (Fsp3) is 0.353. The van der Waals surface area contributed by atoms with E-state index in [9.17, 15) is 14.0 Å². The molecule has 0 bridgehead atoms. The number of aromatic nitrogens is 1. The lowest BCUT2D eigenvalue weighted by Gasteiger charge is -2.26. The number of fused-ring (bicyclic) bond motifs is 1. The second-order valence-electron chi connectivity index (χ2n) is 5.63. The molecular weight excluding hydrogens is 313 g/mol. The monoisotopic (exact) mass is 331 g/mol. The molecular formula is C17H18FN3O3. The number of carbonyl (C=O) groups is 2. The average Bonchev–Trinajstić information content (AvgIpc) is 2.59. The molecule has 2 aromatic rings. The maximum atomic E-state index is 13.2. The number of pyridine rings is 1. The van der Waals surface area contributed by atoms with Gasteiger partial charge in [-0.25, -0.2) is 4.39 Å². The number of carbonyl (C=O) groups excluding carboxylic acids is 2. The van der Waals surface area contributed by atoms with Crippen LogP contribution in [0.4, 0.5) is 4.39 Å². The number of aryl methyl sites for hydroxylation is 1. The average molecular weight is 331 g/mol. The number of ether oxygens (including phenoxy) is 1. The van der Waals surface area contributed by atoms with E-state index in [0.717, 1.165) is 0 Å². The van der Waals surface area contributed by atoms with Crippen molar-refractivity contribution in [1.82, 2.24) is 15.2 Å². The first kappa shape index (κ1) is 16.3. The molecule has 2 amide bonds. The van der Waals surface area contributed by atoms with Gasteiger partial charge in [0.2, 0.25) is 5.91 Å². The van der Waals surface area contributed by atoms with Gasteiger partial charge in [0.25, 0.3) is 5.91 Å². The van der Waals surface area contributed by atoms with Crippen LogP contribution in [0.25, 0.3) is 10.9 Å². The van der Waals surface area contributed by atoms with Gasteiger partial charge >= 0.3 is 0 Å². The van der Waals surface area contributed by atoms with Gasteiger partial charge in [-0.2, -0.15) is 0 Å². The Bertz CT molecular complexity index is 788. The number of hydrogen-bond donors (Lipinski definition) is 1. The number of nitrogens with one attached hydrogen (secondary N) is 1. The van der Waals surface area contributed by atoms with Crippen LogP contribution in [0.3, 0.4) is 0 Å². The first-order chi connectivity index (χ1) is 11.5. The second kappa shape index (κ2) is 6.92. The van der Waals surface area contributed by atoms with Gasteiger partial charge in [0.15, 0.2) is 0 Å². The van der Waals surface area contributed by atoms with Gasteiger partial charge in [-0.05, 0) is 25.1 Å². The summed E-state index contributed by atoms with van der Waals surface area (Å²) in [6.45, 7) is 3.73. The Balaban J connectivity index is 1.70. The zero-order valence-corrected chi connectivity index (χ0v) is 13.3. The molecule has 1 aromatic carbocycles. The molecule has 0 spiro atoms. The summed E-state index contributed by atoms with van der Waals surface area (Å²) in [5, 5.41) is 3.30. The van der Waals surface area contributed by atoms with E-state index in [4.69, 9.17) is 4.74 Å². The Hall–Kier alpha value is -2.54. The Morgan fingerprint density at radius 2 is 2.04 bits per heavy atom. The van der Waals surface area contributed by atoms with E-state index in [2.05, 4.69) is 10.3 Å². The molecule has 1 aliphatic heterocycles. The van der Waals surface area contributed by atoms with Gasteiger partial charge in [0, 0.05) is 24.5 Å². The number of morpholine rings is 1. The molecule has 3 rings (SSSR count). The molecule has 2 heterocycles. The minimum atomic E-state index is -0.372. The third-order valence-corrected chi connectivity index (χ3v) is 3.98. The van der Waals surface area contributed by atoms with Crippen LogP contribution in [-0.2, 0) is 9.53 Å². The Kier molecular flexibility index (Phi) is 4.71. The van der Waals surface area contributed by atoms with E-state index in [1.165, 1.54) is 12.1 Å². The molecule has 126 valence electrons. The number of rotatable bonds is 3. The van der Waals surface area contributed by atoms with Crippen molar-refractivity contribution < 1.29 is 18.7 Å². The topological polar surface area (TPSA) is 71.5 Å². The van der Waals surface area contributed by atoms with Crippen molar-refractivity contribution >= 4 is 22.7 Å². The molecule has 1 fully saturated rings. The van der Waals surface area contributed by atoms with Crippen molar-refractivity contribution in [3.05, 3.63) is 41.3 Å². The highest BCUT2D eigenvalue weighted by atomic mass is 19.1. The first-order valence-electron chi connectivity index (χ1n) is 7.75. The number of amides is 2. The first-order valence-corrected chi connectivity index (χ1v) is 7.75. The second-order valence-corrected chi connectivity index (χ2v) is 5.63. The lowest BCUT2D eigenvalue weighted by Crippen LogP contribution is -2.45. The summed E-state index contributed by atoms with van der Waals surface area (Å²) in [7, 11) is 0. The zero-order valence-electron chi connectivity index (χ0n) is 13.3. The lowest BCUT2D eigenvalue weighted by atomic mass is 10.1. The Morgan fingerprint density at radius 1 is 1.29 bits per heavy atom. The molecule has 0 radical (unpaired) electrons. The van der Waals surface area contributed by atoms with Gasteiger partial charge in [0.1, 0.15) is 5.82 Å².